The van der Waals surface area contributed by atoms with Gasteiger partial charge in [0.1, 0.15) is 0 Å². The molecule has 3 aromatic rings. The molecule has 2 aliphatic heterocycles. The molecule has 1 N–H and O–H groups in total. The number of carbonyl (C=O) groups is 1. The van der Waals surface area contributed by atoms with E-state index in [-0.39, 0.29) is 22.5 Å². The van der Waals surface area contributed by atoms with Crippen LogP contribution in [0.25, 0.3) is 17.0 Å². The van der Waals surface area contributed by atoms with Gasteiger partial charge in [0.15, 0.2) is 5.84 Å². The van der Waals surface area contributed by atoms with Crippen LogP contribution in [0.2, 0.25) is 5.02 Å². The summed E-state index contributed by atoms with van der Waals surface area (Å²) in [5.41, 5.74) is 3.31. The minimum absolute atomic E-state index is 0.131. The van der Waals surface area contributed by atoms with Crippen molar-refractivity contribution in [2.24, 2.45) is 10.1 Å². The standard InChI is InChI=1S/C23H15ClF3N5OS/c1-12-16(10-17-19(28)32-22(29-20(17)33)34-21(30-32)23(25,26)27)15-4-2-3-5-18(15)31(12)11-13-6-8-14(24)9-7-13/h2-10,28H,11H2,1H3/b17-10-,28-19?. The molecule has 5 rings (SSSR count). The van der Waals surface area contributed by atoms with Crippen molar-refractivity contribution in [3.63, 3.8) is 0 Å². The third kappa shape index (κ3) is 3.82. The molecule has 0 saturated carbocycles. The number of alkyl halides is 3. The molecular weight excluding hydrogens is 487 g/mol. The van der Waals surface area contributed by atoms with Crippen molar-refractivity contribution < 1.29 is 18.0 Å². The van der Waals surface area contributed by atoms with Crippen molar-refractivity contribution in [2.75, 3.05) is 0 Å². The molecule has 34 heavy (non-hydrogen) atoms. The summed E-state index contributed by atoms with van der Waals surface area (Å²) in [5, 5.41) is 12.6. The molecule has 2 aliphatic rings. The molecule has 1 amide bonds. The van der Waals surface area contributed by atoms with Crippen molar-refractivity contribution in [3.8, 4) is 0 Å². The second-order valence-corrected chi connectivity index (χ2v) is 9.04. The Balaban J connectivity index is 1.59. The molecule has 0 fully saturated rings. The van der Waals surface area contributed by atoms with Crippen LogP contribution in [0.1, 0.15) is 16.8 Å². The van der Waals surface area contributed by atoms with Crippen LogP contribution in [0.15, 0.2) is 64.2 Å². The molecule has 11 heteroatoms. The SMILES string of the molecule is Cc1c(/C=C2/C(=N)N3N=C(C(F)(F)F)SC3=NC2=O)c2ccccc2n1Cc1ccc(Cl)cc1. The smallest absolute Gasteiger partial charge is 0.340 e. The molecule has 3 heterocycles. The lowest BCUT2D eigenvalue weighted by atomic mass is 10.1. The third-order valence-electron chi connectivity index (χ3n) is 5.52. The topological polar surface area (TPSA) is 73.8 Å². The minimum Gasteiger partial charge on any atom is -0.340 e. The number of nitrogens with zero attached hydrogens (tertiary/aromatic N) is 4. The summed E-state index contributed by atoms with van der Waals surface area (Å²) in [7, 11) is 0. The van der Waals surface area contributed by atoms with Gasteiger partial charge < -0.3 is 4.57 Å². The molecule has 0 aliphatic carbocycles. The van der Waals surface area contributed by atoms with E-state index in [1.807, 2.05) is 55.5 Å². The van der Waals surface area contributed by atoms with Gasteiger partial charge in [0.2, 0.25) is 10.2 Å². The Hall–Kier alpha value is -3.37. The van der Waals surface area contributed by atoms with Crippen LogP contribution < -0.4 is 0 Å². The summed E-state index contributed by atoms with van der Waals surface area (Å²) in [6.07, 6.45) is -3.18. The van der Waals surface area contributed by atoms with Crippen molar-refractivity contribution >= 4 is 62.3 Å². The van der Waals surface area contributed by atoms with E-state index >= 15 is 0 Å². The molecule has 0 unspecified atom stereocenters. The predicted molar refractivity (Wildman–Crippen MR) is 128 cm³/mol. The van der Waals surface area contributed by atoms with E-state index in [1.165, 1.54) is 6.08 Å². The fraction of sp³-hybridized carbons (Fsp3) is 0.130. The normalized spacial score (nSPS) is 17.4. The molecule has 2 aromatic carbocycles. The van der Waals surface area contributed by atoms with Gasteiger partial charge in [-0.05, 0) is 48.5 Å². The molecule has 0 spiro atoms. The minimum atomic E-state index is -4.69. The van der Waals surface area contributed by atoms with E-state index < -0.39 is 23.0 Å². The lowest BCUT2D eigenvalue weighted by Crippen LogP contribution is -2.35. The second kappa shape index (κ2) is 8.14. The summed E-state index contributed by atoms with van der Waals surface area (Å²) in [6.45, 7) is 2.43. The fourth-order valence-corrected chi connectivity index (χ4v) is 4.75. The molecule has 1 aromatic heterocycles. The Labute approximate surface area is 200 Å². The highest BCUT2D eigenvalue weighted by atomic mass is 35.5. The van der Waals surface area contributed by atoms with E-state index in [4.69, 9.17) is 17.0 Å². The average Bonchev–Trinajstić information content (AvgIpc) is 3.33. The quantitative estimate of drug-likeness (QED) is 0.459. The number of carbonyl (C=O) groups excluding carboxylic acids is 1. The lowest BCUT2D eigenvalue weighted by Gasteiger charge is -2.20. The van der Waals surface area contributed by atoms with Crippen molar-refractivity contribution in [1.82, 2.24) is 9.58 Å². The number of halogens is 4. The molecule has 0 radical (unpaired) electrons. The van der Waals surface area contributed by atoms with E-state index in [0.29, 0.717) is 17.1 Å². The zero-order valence-electron chi connectivity index (χ0n) is 17.5. The molecular formula is C23H15ClF3N5OS. The Morgan fingerprint density at radius 2 is 1.85 bits per heavy atom. The third-order valence-corrected chi connectivity index (χ3v) is 6.72. The van der Waals surface area contributed by atoms with E-state index in [0.717, 1.165) is 27.2 Å². The number of aromatic nitrogens is 1. The highest BCUT2D eigenvalue weighted by molar-refractivity contribution is 8.27. The van der Waals surface area contributed by atoms with Crippen LogP contribution in [0, 0.1) is 12.3 Å². The Morgan fingerprint density at radius 1 is 1.15 bits per heavy atom. The molecule has 0 atom stereocenters. The molecule has 0 bridgehead atoms. The first kappa shape index (κ1) is 22.4. The molecule has 172 valence electrons. The maximum Gasteiger partial charge on any atom is 0.441 e. The lowest BCUT2D eigenvalue weighted by molar-refractivity contribution is -0.114. The van der Waals surface area contributed by atoms with Crippen molar-refractivity contribution in [2.45, 2.75) is 19.6 Å². The van der Waals surface area contributed by atoms with Gasteiger partial charge in [-0.3, -0.25) is 10.2 Å². The Kier molecular flexibility index (Phi) is 5.37. The average molecular weight is 502 g/mol. The van der Waals surface area contributed by atoms with Gasteiger partial charge in [0, 0.05) is 33.7 Å². The number of aliphatic imine (C=N–C) groups is 1. The van der Waals surface area contributed by atoms with E-state index in [1.54, 1.807) is 0 Å². The van der Waals surface area contributed by atoms with Crippen LogP contribution in [-0.4, -0.2) is 37.7 Å². The zero-order chi connectivity index (χ0) is 24.2. The number of fused-ring (bicyclic) bond motifs is 2. The monoisotopic (exact) mass is 501 g/mol. The summed E-state index contributed by atoms with van der Waals surface area (Å²) in [4.78, 5) is 16.4. The number of para-hydroxylation sites is 1. The maximum atomic E-state index is 13.1. The van der Waals surface area contributed by atoms with Gasteiger partial charge in [-0.15, -0.1) is 0 Å². The van der Waals surface area contributed by atoms with Crippen LogP contribution in [0.4, 0.5) is 13.2 Å². The first-order valence-electron chi connectivity index (χ1n) is 10.0. The number of amidine groups is 2. The number of hydrogen-bond acceptors (Lipinski definition) is 4. The van der Waals surface area contributed by atoms with Crippen LogP contribution in [0.3, 0.4) is 0 Å². The Morgan fingerprint density at radius 3 is 2.56 bits per heavy atom. The van der Waals surface area contributed by atoms with Crippen LogP contribution in [-0.2, 0) is 11.3 Å². The molecule has 0 saturated heterocycles. The number of hydrazone groups is 1. The largest absolute Gasteiger partial charge is 0.441 e. The summed E-state index contributed by atoms with van der Waals surface area (Å²) < 4.78 is 41.3. The van der Waals surface area contributed by atoms with Crippen LogP contribution >= 0.6 is 23.4 Å². The van der Waals surface area contributed by atoms with Gasteiger partial charge in [-0.25, -0.2) is 0 Å². The summed E-state index contributed by atoms with van der Waals surface area (Å²) >= 11 is 6.23. The number of thioether (sulfide) groups is 1. The number of nitrogens with one attached hydrogen (secondary N) is 1. The van der Waals surface area contributed by atoms with Gasteiger partial charge in [0.25, 0.3) is 5.91 Å². The fourth-order valence-electron chi connectivity index (χ4n) is 3.87. The summed E-state index contributed by atoms with van der Waals surface area (Å²) in [5.74, 6) is -1.23. The predicted octanol–water partition coefficient (Wildman–Crippen LogP) is 5.83. The van der Waals surface area contributed by atoms with E-state index in [2.05, 4.69) is 14.7 Å². The zero-order valence-corrected chi connectivity index (χ0v) is 19.1. The van der Waals surface area contributed by atoms with Crippen molar-refractivity contribution in [1.29, 1.82) is 5.41 Å². The first-order chi connectivity index (χ1) is 16.1. The Bertz CT molecular complexity index is 1450. The van der Waals surface area contributed by atoms with E-state index in [9.17, 15) is 18.0 Å². The van der Waals surface area contributed by atoms with Gasteiger partial charge in [-0.2, -0.15) is 28.3 Å². The van der Waals surface area contributed by atoms with Crippen molar-refractivity contribution in [3.05, 3.63) is 75.9 Å². The number of rotatable bonds is 3. The van der Waals surface area contributed by atoms with Gasteiger partial charge >= 0.3 is 6.18 Å². The first-order valence-corrected chi connectivity index (χ1v) is 11.2. The van der Waals surface area contributed by atoms with Gasteiger partial charge in [-0.1, -0.05) is 41.9 Å². The highest BCUT2D eigenvalue weighted by Gasteiger charge is 2.46. The number of hydrogen-bond donors (Lipinski definition) is 1. The molecule has 6 nitrogen and oxygen atoms in total. The number of benzene rings is 2. The maximum absolute atomic E-state index is 13.1. The summed E-state index contributed by atoms with van der Waals surface area (Å²) in [6, 6.07) is 15.1. The number of amides is 1. The van der Waals surface area contributed by atoms with Gasteiger partial charge in [0.05, 0.1) is 5.57 Å². The highest BCUT2D eigenvalue weighted by Crippen LogP contribution is 2.36. The van der Waals surface area contributed by atoms with Crippen LogP contribution in [0.5, 0.6) is 0 Å². The second-order valence-electron chi connectivity index (χ2n) is 7.65.